The Morgan fingerprint density at radius 3 is 2.40 bits per heavy atom. The molecule has 1 fully saturated rings. The van der Waals surface area contributed by atoms with Gasteiger partial charge in [0.05, 0.1) is 50.9 Å². The molecule has 0 radical (unpaired) electrons. The number of nitrogens with zero attached hydrogens (tertiary/aromatic N) is 1. The van der Waals surface area contributed by atoms with Crippen LogP contribution in [0.1, 0.15) is 48.3 Å². The Balaban J connectivity index is 1.48. The molecule has 4 rings (SSSR count). The molecular weight excluding hydrogens is 510 g/mol. The van der Waals surface area contributed by atoms with Crippen LogP contribution in [-0.4, -0.2) is 90.9 Å². The second-order valence-corrected chi connectivity index (χ2v) is 10.8. The summed E-state index contributed by atoms with van der Waals surface area (Å²) in [5.41, 5.74) is 4.72. The van der Waals surface area contributed by atoms with Gasteiger partial charge in [-0.2, -0.15) is 0 Å². The standard InChI is InChI=1S/C32H47NO7/c1-35-17-5-15-33-16-19-38-29-13-10-25(20-28(29)33)21-39-30-6-4-7-31(40-23-27(34)22-37-3)32(30)26-11-8-24(9-12-26)14-18-36-2/h8-13,20,27,30-32,34H,4-7,14-19,21-23H2,1-3H3/t27-,30+,31-,32-/m1/s1. The maximum absolute atomic E-state index is 10.2. The summed E-state index contributed by atoms with van der Waals surface area (Å²) in [6, 6.07) is 15.1. The zero-order valence-electron chi connectivity index (χ0n) is 24.4. The van der Waals surface area contributed by atoms with Gasteiger partial charge in [-0.15, -0.1) is 0 Å². The average molecular weight is 558 g/mol. The molecule has 0 bridgehead atoms. The fraction of sp³-hybridized carbons (Fsp3) is 0.625. The molecule has 1 heterocycles. The molecular formula is C32H47NO7. The van der Waals surface area contributed by atoms with E-state index in [9.17, 15) is 5.11 Å². The largest absolute Gasteiger partial charge is 0.490 e. The number of aliphatic hydroxyl groups is 1. The molecule has 8 nitrogen and oxygen atoms in total. The van der Waals surface area contributed by atoms with E-state index < -0.39 is 6.10 Å². The third-order valence-electron chi connectivity index (χ3n) is 7.82. The summed E-state index contributed by atoms with van der Waals surface area (Å²) in [7, 11) is 5.06. The third-order valence-corrected chi connectivity index (χ3v) is 7.82. The lowest BCUT2D eigenvalue weighted by atomic mass is 9.79. The van der Waals surface area contributed by atoms with Crippen LogP contribution in [0.5, 0.6) is 5.75 Å². The second kappa shape index (κ2) is 16.3. The van der Waals surface area contributed by atoms with E-state index in [1.807, 2.05) is 0 Å². The number of hydrogen-bond donors (Lipinski definition) is 1. The Morgan fingerprint density at radius 1 is 0.900 bits per heavy atom. The van der Waals surface area contributed by atoms with Gasteiger partial charge in [0.2, 0.25) is 0 Å². The van der Waals surface area contributed by atoms with E-state index in [1.165, 1.54) is 11.1 Å². The van der Waals surface area contributed by atoms with Crippen LogP contribution in [0.4, 0.5) is 5.69 Å². The van der Waals surface area contributed by atoms with Crippen molar-refractivity contribution in [3.05, 3.63) is 59.2 Å². The highest BCUT2D eigenvalue weighted by molar-refractivity contribution is 5.61. The zero-order chi connectivity index (χ0) is 28.2. The van der Waals surface area contributed by atoms with Gasteiger partial charge in [0.25, 0.3) is 0 Å². The molecule has 4 atom stereocenters. The van der Waals surface area contributed by atoms with Gasteiger partial charge in [-0.05, 0) is 60.9 Å². The van der Waals surface area contributed by atoms with Gasteiger partial charge in [-0.1, -0.05) is 30.3 Å². The first-order chi connectivity index (χ1) is 19.6. The molecule has 2 aliphatic rings. The van der Waals surface area contributed by atoms with Gasteiger partial charge in [0.15, 0.2) is 0 Å². The van der Waals surface area contributed by atoms with E-state index in [0.717, 1.165) is 68.8 Å². The highest BCUT2D eigenvalue weighted by Crippen LogP contribution is 2.39. The lowest BCUT2D eigenvalue weighted by molar-refractivity contribution is -0.0928. The van der Waals surface area contributed by atoms with Gasteiger partial charge in [0.1, 0.15) is 18.5 Å². The van der Waals surface area contributed by atoms with E-state index in [1.54, 1.807) is 21.3 Å². The Bertz CT molecular complexity index is 1000. The molecule has 0 aromatic heterocycles. The molecule has 8 heteroatoms. The van der Waals surface area contributed by atoms with E-state index >= 15 is 0 Å². The molecule has 0 saturated heterocycles. The smallest absolute Gasteiger partial charge is 0.142 e. The van der Waals surface area contributed by atoms with Crippen LogP contribution in [-0.2, 0) is 36.7 Å². The normalized spacial score (nSPS) is 21.6. The lowest BCUT2D eigenvalue weighted by Gasteiger charge is -2.39. The number of methoxy groups -OCH3 is 3. The first-order valence-electron chi connectivity index (χ1n) is 14.6. The molecule has 222 valence electrons. The maximum Gasteiger partial charge on any atom is 0.142 e. The van der Waals surface area contributed by atoms with E-state index in [-0.39, 0.29) is 31.3 Å². The molecule has 1 saturated carbocycles. The number of aliphatic hydroxyl groups excluding tert-OH is 1. The van der Waals surface area contributed by atoms with E-state index in [0.29, 0.717) is 19.8 Å². The first-order valence-corrected chi connectivity index (χ1v) is 14.6. The summed E-state index contributed by atoms with van der Waals surface area (Å²) in [5.74, 6) is 1.01. The number of ether oxygens (including phenoxy) is 6. The predicted octanol–water partition coefficient (Wildman–Crippen LogP) is 4.36. The zero-order valence-corrected chi connectivity index (χ0v) is 24.4. The average Bonchev–Trinajstić information content (AvgIpc) is 2.98. The minimum Gasteiger partial charge on any atom is -0.490 e. The Hall–Kier alpha value is -2.20. The lowest BCUT2D eigenvalue weighted by Crippen LogP contribution is -2.39. The highest BCUT2D eigenvalue weighted by atomic mass is 16.5. The van der Waals surface area contributed by atoms with Gasteiger partial charge in [-0.3, -0.25) is 0 Å². The molecule has 2 aromatic rings. The fourth-order valence-corrected chi connectivity index (χ4v) is 5.77. The van der Waals surface area contributed by atoms with Crippen molar-refractivity contribution < 1.29 is 33.5 Å². The number of anilines is 1. The van der Waals surface area contributed by atoms with Crippen LogP contribution in [0.25, 0.3) is 0 Å². The van der Waals surface area contributed by atoms with Crippen molar-refractivity contribution in [1.29, 1.82) is 0 Å². The van der Waals surface area contributed by atoms with Crippen molar-refractivity contribution in [2.24, 2.45) is 0 Å². The fourth-order valence-electron chi connectivity index (χ4n) is 5.77. The van der Waals surface area contributed by atoms with Crippen LogP contribution in [0.15, 0.2) is 42.5 Å². The minimum absolute atomic E-state index is 0.00762. The summed E-state index contributed by atoms with van der Waals surface area (Å²) >= 11 is 0. The molecule has 0 spiro atoms. The molecule has 1 N–H and O–H groups in total. The van der Waals surface area contributed by atoms with Crippen LogP contribution in [0.3, 0.4) is 0 Å². The molecule has 40 heavy (non-hydrogen) atoms. The van der Waals surface area contributed by atoms with Crippen LogP contribution in [0, 0.1) is 0 Å². The van der Waals surface area contributed by atoms with E-state index in [4.69, 9.17) is 28.4 Å². The van der Waals surface area contributed by atoms with Crippen LogP contribution < -0.4 is 9.64 Å². The van der Waals surface area contributed by atoms with Gasteiger partial charge < -0.3 is 38.4 Å². The summed E-state index contributed by atoms with van der Waals surface area (Å²) < 4.78 is 34.5. The SMILES string of the molecule is COCCCN1CCOc2ccc(CO[C@H]3CCC[C@@H](OC[C@H](O)COC)[C@@H]3c3ccc(CCOC)cc3)cc21. The quantitative estimate of drug-likeness (QED) is 0.305. The Morgan fingerprint density at radius 2 is 1.65 bits per heavy atom. The molecule has 1 aliphatic carbocycles. The second-order valence-electron chi connectivity index (χ2n) is 10.8. The van der Waals surface area contributed by atoms with Crippen molar-refractivity contribution in [3.8, 4) is 5.75 Å². The monoisotopic (exact) mass is 557 g/mol. The number of rotatable bonds is 16. The van der Waals surface area contributed by atoms with E-state index in [2.05, 4.69) is 47.4 Å². The van der Waals surface area contributed by atoms with Gasteiger partial charge in [-0.25, -0.2) is 0 Å². The maximum atomic E-state index is 10.2. The van der Waals surface area contributed by atoms with Crippen LogP contribution in [0.2, 0.25) is 0 Å². The Kier molecular flexibility index (Phi) is 12.5. The summed E-state index contributed by atoms with van der Waals surface area (Å²) in [6.07, 6.45) is 4.10. The summed E-state index contributed by atoms with van der Waals surface area (Å²) in [6.45, 7) is 4.99. The number of benzene rings is 2. The van der Waals surface area contributed by atoms with Crippen molar-refractivity contribution in [1.82, 2.24) is 0 Å². The van der Waals surface area contributed by atoms with Gasteiger partial charge in [0, 0.05) is 40.4 Å². The first kappa shape index (κ1) is 30.8. The predicted molar refractivity (Wildman–Crippen MR) is 155 cm³/mol. The summed E-state index contributed by atoms with van der Waals surface area (Å²) in [4.78, 5) is 2.38. The van der Waals surface area contributed by atoms with Crippen molar-refractivity contribution in [2.75, 3.05) is 72.4 Å². The molecule has 0 amide bonds. The van der Waals surface area contributed by atoms with Crippen molar-refractivity contribution in [2.45, 2.75) is 62.9 Å². The van der Waals surface area contributed by atoms with Gasteiger partial charge >= 0.3 is 0 Å². The topological polar surface area (TPSA) is 78.9 Å². The van der Waals surface area contributed by atoms with Crippen molar-refractivity contribution >= 4 is 5.69 Å². The third kappa shape index (κ3) is 8.65. The molecule has 1 aliphatic heterocycles. The highest BCUT2D eigenvalue weighted by Gasteiger charge is 2.36. The van der Waals surface area contributed by atoms with Crippen molar-refractivity contribution in [3.63, 3.8) is 0 Å². The number of fused-ring (bicyclic) bond motifs is 1. The summed E-state index contributed by atoms with van der Waals surface area (Å²) in [5, 5.41) is 10.2. The molecule has 2 aromatic carbocycles. The minimum atomic E-state index is -0.645. The molecule has 0 unspecified atom stereocenters. The Labute approximate surface area is 239 Å². The number of hydrogen-bond acceptors (Lipinski definition) is 8. The van der Waals surface area contributed by atoms with Crippen LogP contribution >= 0.6 is 0 Å².